The Balaban J connectivity index is 5.32. The Hall–Kier alpha value is -2.98. The van der Waals surface area contributed by atoms with E-state index in [4.69, 9.17) is 37.0 Å². The maximum atomic E-state index is 13.0. The molecule has 544 valence electrons. The second-order valence-corrected chi connectivity index (χ2v) is 28.2. The van der Waals surface area contributed by atoms with Crippen LogP contribution in [0.4, 0.5) is 0 Å². The molecule has 0 bridgehead atoms. The topological polar surface area (TPSA) is 237 Å². The molecule has 0 amide bonds. The van der Waals surface area contributed by atoms with Gasteiger partial charge in [-0.25, -0.2) is 9.13 Å². The van der Waals surface area contributed by atoms with Crippen LogP contribution < -0.4 is 0 Å². The van der Waals surface area contributed by atoms with Crippen LogP contribution in [-0.4, -0.2) is 96.7 Å². The van der Waals surface area contributed by atoms with E-state index in [1.165, 1.54) is 141 Å². The SMILES string of the molecule is CCCCCC/C=C\C=C/CCCCCCCC(=O)OC[C@H](COP(=O)(O)OC[C@@H](O)COP(=O)(O)OC[C@@H](COC(=O)CCCCCCCCCCCCC)OC(=O)CCCCCCCCCCCCCC)OC(=O)CCCCCCC/C=C\C=C/CCCCCC. The fourth-order valence-corrected chi connectivity index (χ4v) is 11.9. The van der Waals surface area contributed by atoms with Crippen molar-refractivity contribution in [2.24, 2.45) is 0 Å². The molecule has 3 N–H and O–H groups in total. The third-order valence-corrected chi connectivity index (χ3v) is 18.0. The fourth-order valence-electron chi connectivity index (χ4n) is 10.3. The monoisotopic (exact) mass is 1360 g/mol. The van der Waals surface area contributed by atoms with Crippen molar-refractivity contribution in [2.45, 2.75) is 361 Å². The summed E-state index contributed by atoms with van der Waals surface area (Å²) in [4.78, 5) is 72.7. The highest BCUT2D eigenvalue weighted by Gasteiger charge is 2.30. The number of ether oxygens (including phenoxy) is 4. The molecule has 0 aromatic rings. The van der Waals surface area contributed by atoms with Crippen LogP contribution in [0.15, 0.2) is 48.6 Å². The molecule has 5 atom stereocenters. The zero-order valence-corrected chi connectivity index (χ0v) is 61.0. The number of hydrogen-bond donors (Lipinski definition) is 3. The van der Waals surface area contributed by atoms with E-state index >= 15 is 0 Å². The molecular formula is C74H136O17P2. The number of esters is 4. The molecule has 0 saturated heterocycles. The van der Waals surface area contributed by atoms with E-state index in [-0.39, 0.29) is 25.7 Å². The molecule has 2 unspecified atom stereocenters. The highest BCUT2D eigenvalue weighted by atomic mass is 31.2. The van der Waals surface area contributed by atoms with Gasteiger partial charge in [-0.3, -0.25) is 37.3 Å². The maximum Gasteiger partial charge on any atom is 0.472 e. The summed E-state index contributed by atoms with van der Waals surface area (Å²) in [5.41, 5.74) is 0. The Kier molecular flexibility index (Phi) is 65.4. The molecule has 93 heavy (non-hydrogen) atoms. The van der Waals surface area contributed by atoms with Gasteiger partial charge in [-0.05, 0) is 77.0 Å². The van der Waals surface area contributed by atoms with Crippen LogP contribution in [0, 0.1) is 0 Å². The standard InChI is InChI=1S/C74H136O17P2/c1-5-9-13-17-21-25-29-32-34-36-40-43-47-51-55-59-72(77)85-65-70(91-74(79)61-57-53-49-45-41-37-35-33-30-26-22-18-14-10-6-2)67-89-93(82,83)87-63-68(75)62-86-92(80,81)88-66-69(64-84-71(76)58-54-50-46-42-38-28-24-20-16-12-8-4)90-73(78)60-56-52-48-44-39-31-27-23-19-15-11-7-3/h25-26,29-30,32-35,68-70,75H,5-24,27-28,31,36-67H2,1-4H3,(H,80,81)(H,82,83)/b29-25-,30-26-,34-32-,35-33-/t68-,69+,70+/m0/s1. The number of carbonyl (C=O) groups excluding carboxylic acids is 4. The summed E-state index contributed by atoms with van der Waals surface area (Å²) in [6.07, 6.45) is 62.5. The second-order valence-electron chi connectivity index (χ2n) is 25.3. The summed E-state index contributed by atoms with van der Waals surface area (Å²) in [7, 11) is -9.93. The molecule has 0 heterocycles. The molecule has 17 nitrogen and oxygen atoms in total. The van der Waals surface area contributed by atoms with Crippen molar-refractivity contribution in [1.29, 1.82) is 0 Å². The lowest BCUT2D eigenvalue weighted by Gasteiger charge is -2.21. The predicted octanol–water partition coefficient (Wildman–Crippen LogP) is 20.9. The van der Waals surface area contributed by atoms with Gasteiger partial charge < -0.3 is 33.8 Å². The first kappa shape index (κ1) is 90.0. The highest BCUT2D eigenvalue weighted by molar-refractivity contribution is 7.47. The van der Waals surface area contributed by atoms with Crippen molar-refractivity contribution >= 4 is 39.5 Å². The highest BCUT2D eigenvalue weighted by Crippen LogP contribution is 2.45. The number of unbranched alkanes of at least 4 members (excludes halogenated alkanes) is 39. The normalized spacial score (nSPS) is 14.3. The third-order valence-electron chi connectivity index (χ3n) is 16.1. The summed E-state index contributed by atoms with van der Waals surface area (Å²) < 4.78 is 68.3. The lowest BCUT2D eigenvalue weighted by molar-refractivity contribution is -0.161. The van der Waals surface area contributed by atoms with Gasteiger partial charge in [-0.15, -0.1) is 0 Å². The zero-order chi connectivity index (χ0) is 68.2. The van der Waals surface area contributed by atoms with Crippen LogP contribution >= 0.6 is 15.6 Å². The largest absolute Gasteiger partial charge is 0.472 e. The molecule has 0 radical (unpaired) electrons. The number of phosphoric ester groups is 2. The van der Waals surface area contributed by atoms with Crippen LogP contribution in [0.5, 0.6) is 0 Å². The van der Waals surface area contributed by atoms with E-state index in [0.717, 1.165) is 122 Å². The summed E-state index contributed by atoms with van der Waals surface area (Å²) in [6, 6.07) is 0. The lowest BCUT2D eigenvalue weighted by atomic mass is 10.0. The first-order chi connectivity index (χ1) is 45.2. The van der Waals surface area contributed by atoms with Gasteiger partial charge in [0.15, 0.2) is 12.2 Å². The Labute approximate surface area is 566 Å². The van der Waals surface area contributed by atoms with Gasteiger partial charge >= 0.3 is 39.5 Å². The average molecular weight is 1360 g/mol. The maximum absolute atomic E-state index is 13.0. The number of phosphoric acid groups is 2. The average Bonchev–Trinajstić information content (AvgIpc) is 2.22. The van der Waals surface area contributed by atoms with E-state index in [2.05, 4.69) is 76.3 Å². The second kappa shape index (κ2) is 67.6. The molecule has 0 aliphatic rings. The van der Waals surface area contributed by atoms with Crippen LogP contribution in [-0.2, 0) is 65.4 Å². The van der Waals surface area contributed by atoms with Gasteiger partial charge in [-0.1, -0.05) is 288 Å². The van der Waals surface area contributed by atoms with Crippen LogP contribution in [0.2, 0.25) is 0 Å². The van der Waals surface area contributed by atoms with Crippen molar-refractivity contribution < 1.29 is 80.2 Å². The summed E-state index contributed by atoms with van der Waals surface area (Å²) in [5, 5.41) is 10.6. The summed E-state index contributed by atoms with van der Waals surface area (Å²) in [6.45, 7) is 4.84. The molecule has 0 aliphatic heterocycles. The van der Waals surface area contributed by atoms with Gasteiger partial charge in [-0.2, -0.15) is 0 Å². The lowest BCUT2D eigenvalue weighted by Crippen LogP contribution is -2.30. The number of aliphatic hydroxyl groups is 1. The van der Waals surface area contributed by atoms with Gasteiger partial charge in [0, 0.05) is 25.7 Å². The Bertz CT molecular complexity index is 1960. The Morgan fingerprint density at radius 1 is 0.301 bits per heavy atom. The quantitative estimate of drug-likeness (QED) is 0.0169. The fraction of sp³-hybridized carbons (Fsp3) is 0.838. The van der Waals surface area contributed by atoms with Crippen molar-refractivity contribution in [3.05, 3.63) is 48.6 Å². The molecule has 0 spiro atoms. The van der Waals surface area contributed by atoms with Crippen LogP contribution in [0.1, 0.15) is 342 Å². The molecule has 0 aromatic heterocycles. The number of hydrogen-bond acceptors (Lipinski definition) is 15. The predicted molar refractivity (Wildman–Crippen MR) is 377 cm³/mol. The minimum absolute atomic E-state index is 0.0786. The molecule has 0 saturated carbocycles. The van der Waals surface area contributed by atoms with Crippen molar-refractivity contribution in [2.75, 3.05) is 39.6 Å². The number of rotatable bonds is 71. The van der Waals surface area contributed by atoms with Crippen LogP contribution in [0.25, 0.3) is 0 Å². The number of carbonyl (C=O) groups is 4. The summed E-state index contributed by atoms with van der Waals surface area (Å²) in [5.74, 6) is -2.18. The Morgan fingerprint density at radius 3 is 0.785 bits per heavy atom. The van der Waals surface area contributed by atoms with Gasteiger partial charge in [0.25, 0.3) is 0 Å². The number of allylic oxidation sites excluding steroid dienone is 8. The molecule has 0 aromatic carbocycles. The van der Waals surface area contributed by atoms with Gasteiger partial charge in [0.1, 0.15) is 19.3 Å². The third kappa shape index (κ3) is 67.4. The van der Waals surface area contributed by atoms with E-state index < -0.39 is 97.5 Å². The first-order valence-electron chi connectivity index (χ1n) is 37.4. The van der Waals surface area contributed by atoms with E-state index in [0.29, 0.717) is 25.7 Å². The molecule has 0 fully saturated rings. The number of aliphatic hydroxyl groups excluding tert-OH is 1. The molecule has 19 heteroatoms. The molecule has 0 aliphatic carbocycles. The van der Waals surface area contributed by atoms with Crippen LogP contribution in [0.3, 0.4) is 0 Å². The van der Waals surface area contributed by atoms with Gasteiger partial charge in [0.05, 0.1) is 26.4 Å². The van der Waals surface area contributed by atoms with E-state index in [9.17, 15) is 43.2 Å². The first-order valence-corrected chi connectivity index (χ1v) is 40.4. The van der Waals surface area contributed by atoms with Crippen molar-refractivity contribution in [3.8, 4) is 0 Å². The molecular weight excluding hydrogens is 1220 g/mol. The van der Waals surface area contributed by atoms with Crippen molar-refractivity contribution in [3.63, 3.8) is 0 Å². The van der Waals surface area contributed by atoms with Gasteiger partial charge in [0.2, 0.25) is 0 Å². The molecule has 0 rings (SSSR count). The van der Waals surface area contributed by atoms with E-state index in [1.54, 1.807) is 0 Å². The van der Waals surface area contributed by atoms with E-state index in [1.807, 2.05) is 0 Å². The minimum atomic E-state index is -4.97. The zero-order valence-electron chi connectivity index (χ0n) is 59.2. The minimum Gasteiger partial charge on any atom is -0.462 e. The summed E-state index contributed by atoms with van der Waals surface area (Å²) >= 11 is 0. The Morgan fingerprint density at radius 2 is 0.516 bits per heavy atom. The van der Waals surface area contributed by atoms with Crippen molar-refractivity contribution in [1.82, 2.24) is 0 Å². The smallest absolute Gasteiger partial charge is 0.462 e.